The van der Waals surface area contributed by atoms with Crippen LogP contribution in [0.1, 0.15) is 49.6 Å². The summed E-state index contributed by atoms with van der Waals surface area (Å²) in [5.74, 6) is 0.789. The van der Waals surface area contributed by atoms with Crippen molar-refractivity contribution in [3.05, 3.63) is 112 Å². The Morgan fingerprint density at radius 3 is 2.59 bits per heavy atom. The van der Waals surface area contributed by atoms with Gasteiger partial charge in [0.05, 0.1) is 38.5 Å². The van der Waals surface area contributed by atoms with Gasteiger partial charge in [0.2, 0.25) is 0 Å². The molecule has 0 fully saturated rings. The van der Waals surface area contributed by atoms with Crippen LogP contribution >= 0.6 is 34.5 Å². The van der Waals surface area contributed by atoms with Gasteiger partial charge in [-0.2, -0.15) is 0 Å². The lowest BCUT2D eigenvalue weighted by Crippen LogP contribution is -2.40. The normalized spacial score (nSPS) is 15.3. The summed E-state index contributed by atoms with van der Waals surface area (Å²) in [6.07, 6.45) is 1.67. The average Bonchev–Trinajstić information content (AvgIpc) is 3.53. The first-order valence-corrected chi connectivity index (χ1v) is 14.6. The quantitative estimate of drug-likeness (QED) is 0.177. The number of nitrogens with zero attached hydrogens (tertiary/aromatic N) is 2. The molecule has 1 aliphatic rings. The number of hydrogen-bond donors (Lipinski definition) is 0. The van der Waals surface area contributed by atoms with Gasteiger partial charge in [-0.1, -0.05) is 78.7 Å². The van der Waals surface area contributed by atoms with Crippen LogP contribution in [-0.4, -0.2) is 30.9 Å². The summed E-state index contributed by atoms with van der Waals surface area (Å²) in [6.45, 7) is 6.33. The highest BCUT2D eigenvalue weighted by atomic mass is 35.5. The van der Waals surface area contributed by atoms with Crippen molar-refractivity contribution in [1.82, 2.24) is 4.57 Å². The summed E-state index contributed by atoms with van der Waals surface area (Å²) in [5, 5.41) is 0.807. The summed E-state index contributed by atoms with van der Waals surface area (Å²) in [5.41, 5.74) is 3.10. The molecule has 0 spiro atoms. The smallest absolute Gasteiger partial charge is 0.338 e. The number of thiazole rings is 1. The average molecular weight is 612 g/mol. The zero-order valence-electron chi connectivity index (χ0n) is 22.9. The molecule has 10 heteroatoms. The first-order valence-electron chi connectivity index (χ1n) is 13.0. The van der Waals surface area contributed by atoms with E-state index < -0.39 is 12.0 Å². The van der Waals surface area contributed by atoms with E-state index in [1.807, 2.05) is 30.3 Å². The van der Waals surface area contributed by atoms with Crippen molar-refractivity contribution in [2.75, 3.05) is 20.3 Å². The maximum absolute atomic E-state index is 13.9. The summed E-state index contributed by atoms with van der Waals surface area (Å²) in [4.78, 5) is 32.3. The first-order chi connectivity index (χ1) is 19.7. The second kappa shape index (κ2) is 12.2. The fourth-order valence-corrected chi connectivity index (χ4v) is 6.08. The summed E-state index contributed by atoms with van der Waals surface area (Å²) >= 11 is 13.8. The molecule has 2 aromatic carbocycles. The van der Waals surface area contributed by atoms with E-state index in [0.29, 0.717) is 53.7 Å². The Hall–Kier alpha value is -3.43. The van der Waals surface area contributed by atoms with Gasteiger partial charge in [-0.05, 0) is 48.2 Å². The van der Waals surface area contributed by atoms with Crippen LogP contribution in [0.25, 0.3) is 17.4 Å². The Morgan fingerprint density at radius 2 is 1.88 bits per heavy atom. The molecule has 1 unspecified atom stereocenters. The maximum atomic E-state index is 13.9. The van der Waals surface area contributed by atoms with Gasteiger partial charge in [0.1, 0.15) is 18.1 Å². The summed E-state index contributed by atoms with van der Waals surface area (Å²) in [6, 6.07) is 16.1. The van der Waals surface area contributed by atoms with Crippen LogP contribution in [0, 0.1) is 0 Å². The highest BCUT2D eigenvalue weighted by molar-refractivity contribution is 7.07. The Bertz CT molecular complexity index is 1820. The first kappa shape index (κ1) is 29.1. The molecule has 0 amide bonds. The lowest BCUT2D eigenvalue weighted by Gasteiger charge is -2.25. The van der Waals surface area contributed by atoms with E-state index >= 15 is 0 Å². The van der Waals surface area contributed by atoms with Crippen LogP contribution in [0.15, 0.2) is 80.1 Å². The van der Waals surface area contributed by atoms with E-state index in [2.05, 4.69) is 18.8 Å². The topological polar surface area (TPSA) is 83.0 Å². The lowest BCUT2D eigenvalue weighted by molar-refractivity contribution is -0.140. The molecule has 0 radical (unpaired) electrons. The maximum Gasteiger partial charge on any atom is 0.338 e. The number of allylic oxidation sites excluding steroid dienone is 1. The predicted molar refractivity (Wildman–Crippen MR) is 161 cm³/mol. The number of methoxy groups -OCH3 is 1. The van der Waals surface area contributed by atoms with Gasteiger partial charge in [-0.15, -0.1) is 0 Å². The lowest BCUT2D eigenvalue weighted by atomic mass is 9.93. The van der Waals surface area contributed by atoms with Crippen molar-refractivity contribution in [3.8, 4) is 11.3 Å². The molecule has 1 atom stereocenters. The second-order valence-corrected chi connectivity index (χ2v) is 11.6. The number of benzene rings is 2. The molecule has 0 bridgehead atoms. The van der Waals surface area contributed by atoms with E-state index in [4.69, 9.17) is 37.1 Å². The van der Waals surface area contributed by atoms with Crippen molar-refractivity contribution in [1.29, 1.82) is 0 Å². The zero-order valence-corrected chi connectivity index (χ0v) is 25.3. The third-order valence-corrected chi connectivity index (χ3v) is 8.60. The predicted octanol–water partition coefficient (Wildman–Crippen LogP) is 6.12. The minimum atomic E-state index is -0.706. The van der Waals surface area contributed by atoms with Gasteiger partial charge in [0.25, 0.3) is 5.56 Å². The Labute approximate surface area is 251 Å². The van der Waals surface area contributed by atoms with Gasteiger partial charge in [-0.25, -0.2) is 9.79 Å². The standard InChI is InChI=1S/C31H28Cl2N2O5S/c1-17(2)19-8-10-20(11-9-19)28-26(30(37)39-15-14-38-4)18(3)34-31-35(28)29(36)25(41-31)16-21-12-13-24(40-21)22-6-5-7-23(32)27(22)33/h5-13,16-17,28H,14-15H2,1-4H3. The third-order valence-electron chi connectivity index (χ3n) is 6.80. The second-order valence-electron chi connectivity index (χ2n) is 9.84. The molecule has 0 saturated carbocycles. The third kappa shape index (κ3) is 5.83. The monoisotopic (exact) mass is 610 g/mol. The Morgan fingerprint density at radius 1 is 1.12 bits per heavy atom. The molecule has 2 aromatic heterocycles. The van der Waals surface area contributed by atoms with Crippen molar-refractivity contribution in [3.63, 3.8) is 0 Å². The van der Waals surface area contributed by atoms with Crippen LogP contribution in [0.2, 0.25) is 10.0 Å². The number of rotatable bonds is 8. The van der Waals surface area contributed by atoms with Crippen molar-refractivity contribution in [2.24, 2.45) is 4.99 Å². The van der Waals surface area contributed by atoms with Gasteiger partial charge in [0.15, 0.2) is 4.80 Å². The van der Waals surface area contributed by atoms with Crippen LogP contribution in [-0.2, 0) is 14.3 Å². The van der Waals surface area contributed by atoms with Crippen LogP contribution in [0.4, 0.5) is 0 Å². The SMILES string of the molecule is COCCOC(=O)C1=C(C)N=c2sc(=Cc3ccc(-c4cccc(Cl)c4Cl)o3)c(=O)n2C1c1ccc(C(C)C)cc1. The van der Waals surface area contributed by atoms with E-state index in [1.54, 1.807) is 41.8 Å². The van der Waals surface area contributed by atoms with Gasteiger partial charge < -0.3 is 13.9 Å². The Balaban J connectivity index is 1.61. The summed E-state index contributed by atoms with van der Waals surface area (Å²) < 4.78 is 18.5. The van der Waals surface area contributed by atoms with Crippen LogP contribution in [0.5, 0.6) is 0 Å². The number of furan rings is 1. The number of carbonyl (C=O) groups excluding carboxylic acids is 1. The number of aromatic nitrogens is 1. The van der Waals surface area contributed by atoms with E-state index in [1.165, 1.54) is 18.4 Å². The number of halogens is 2. The van der Waals surface area contributed by atoms with E-state index in [0.717, 1.165) is 11.1 Å². The van der Waals surface area contributed by atoms with E-state index in [9.17, 15) is 9.59 Å². The molecule has 5 rings (SSSR count). The zero-order chi connectivity index (χ0) is 29.3. The molecule has 7 nitrogen and oxygen atoms in total. The number of fused-ring (bicyclic) bond motifs is 1. The van der Waals surface area contributed by atoms with Crippen molar-refractivity contribution >= 4 is 46.6 Å². The minimum absolute atomic E-state index is 0.0903. The Kier molecular flexibility index (Phi) is 8.66. The molecular weight excluding hydrogens is 583 g/mol. The largest absolute Gasteiger partial charge is 0.460 e. The van der Waals surface area contributed by atoms with Gasteiger partial charge in [0, 0.05) is 18.7 Å². The summed E-state index contributed by atoms with van der Waals surface area (Å²) in [7, 11) is 1.54. The molecule has 0 aliphatic carbocycles. The molecule has 212 valence electrons. The number of ether oxygens (including phenoxy) is 2. The number of esters is 1. The molecule has 4 aromatic rings. The molecule has 3 heterocycles. The fourth-order valence-electron chi connectivity index (χ4n) is 4.66. The highest BCUT2D eigenvalue weighted by Crippen LogP contribution is 2.35. The van der Waals surface area contributed by atoms with E-state index in [-0.39, 0.29) is 18.8 Å². The molecular formula is C31H28Cl2N2O5S. The molecule has 0 saturated heterocycles. The van der Waals surface area contributed by atoms with Crippen LogP contribution in [0.3, 0.4) is 0 Å². The van der Waals surface area contributed by atoms with Gasteiger partial charge in [-0.3, -0.25) is 9.36 Å². The minimum Gasteiger partial charge on any atom is -0.460 e. The number of carbonyl (C=O) groups is 1. The van der Waals surface area contributed by atoms with Crippen LogP contribution < -0.4 is 14.9 Å². The van der Waals surface area contributed by atoms with Crippen molar-refractivity contribution in [2.45, 2.75) is 32.7 Å². The molecule has 1 aliphatic heterocycles. The van der Waals surface area contributed by atoms with Crippen molar-refractivity contribution < 1.29 is 18.7 Å². The molecule has 0 N–H and O–H groups in total. The number of hydrogen-bond acceptors (Lipinski definition) is 7. The highest BCUT2D eigenvalue weighted by Gasteiger charge is 2.33. The molecule has 41 heavy (non-hydrogen) atoms. The fraction of sp³-hybridized carbons (Fsp3) is 0.258. The van der Waals surface area contributed by atoms with Gasteiger partial charge >= 0.3 is 5.97 Å².